The topological polar surface area (TPSA) is 111 Å². The molecule has 4 N–H and O–H groups in total. The molecule has 1 rings (SSSR count). The van der Waals surface area contributed by atoms with Crippen molar-refractivity contribution in [2.24, 2.45) is 5.92 Å². The Morgan fingerprint density at radius 1 is 1.38 bits per heavy atom. The molecule has 0 unspecified atom stereocenters. The molecular weight excluding hydrogens is 294 g/mol. The number of carbonyl (C=O) groups excluding carboxylic acids is 1. The summed E-state index contributed by atoms with van der Waals surface area (Å²) in [5, 5.41) is 2.63. The molecule has 118 valence electrons. The van der Waals surface area contributed by atoms with E-state index in [1.54, 1.807) is 0 Å². The second-order valence-electron chi connectivity index (χ2n) is 4.93. The van der Waals surface area contributed by atoms with Crippen LogP contribution in [0, 0.1) is 5.92 Å². The second-order valence-corrected chi connectivity index (χ2v) is 6.69. The van der Waals surface area contributed by atoms with Crippen LogP contribution in [-0.2, 0) is 14.8 Å². The third-order valence-electron chi connectivity index (χ3n) is 2.64. The van der Waals surface area contributed by atoms with Crippen LogP contribution in [0.15, 0.2) is 23.1 Å². The summed E-state index contributed by atoms with van der Waals surface area (Å²) >= 11 is 0. The first-order valence-corrected chi connectivity index (χ1v) is 7.94. The Kier molecular flexibility index (Phi) is 5.98. The molecule has 1 aromatic carbocycles. The zero-order chi connectivity index (χ0) is 16.0. The van der Waals surface area contributed by atoms with Crippen LogP contribution in [0.2, 0.25) is 0 Å². The van der Waals surface area contributed by atoms with Crippen LogP contribution < -0.4 is 20.5 Å². The lowest BCUT2D eigenvalue weighted by Gasteiger charge is -2.10. The fraction of sp³-hybridized carbons (Fsp3) is 0.462. The Bertz CT molecular complexity index is 599. The number of methoxy groups -OCH3 is 1. The van der Waals surface area contributed by atoms with Gasteiger partial charge in [-0.25, -0.2) is 13.1 Å². The minimum atomic E-state index is -3.79. The van der Waals surface area contributed by atoms with Gasteiger partial charge in [0.15, 0.2) is 0 Å². The van der Waals surface area contributed by atoms with Crippen molar-refractivity contribution in [1.29, 1.82) is 0 Å². The van der Waals surface area contributed by atoms with Crippen molar-refractivity contribution in [1.82, 2.24) is 10.0 Å². The number of sulfonamides is 1. The highest BCUT2D eigenvalue weighted by Gasteiger charge is 2.17. The van der Waals surface area contributed by atoms with Gasteiger partial charge in [-0.1, -0.05) is 13.8 Å². The van der Waals surface area contributed by atoms with Crippen molar-refractivity contribution < 1.29 is 17.9 Å². The van der Waals surface area contributed by atoms with E-state index in [0.29, 0.717) is 18.2 Å². The average molecular weight is 315 g/mol. The van der Waals surface area contributed by atoms with E-state index in [1.807, 2.05) is 13.8 Å². The van der Waals surface area contributed by atoms with Crippen molar-refractivity contribution in [2.75, 3.05) is 25.9 Å². The van der Waals surface area contributed by atoms with Crippen LogP contribution in [0.25, 0.3) is 0 Å². The predicted octanol–water partition coefficient (Wildman–Crippen LogP) is 0.328. The number of ether oxygens (including phenoxy) is 1. The molecule has 0 radical (unpaired) electrons. The van der Waals surface area contributed by atoms with Gasteiger partial charge in [0, 0.05) is 6.54 Å². The van der Waals surface area contributed by atoms with Crippen molar-refractivity contribution in [2.45, 2.75) is 18.7 Å². The minimum absolute atomic E-state index is 0.0162. The summed E-state index contributed by atoms with van der Waals surface area (Å²) in [6, 6.07) is 4.11. The maximum absolute atomic E-state index is 12.0. The molecule has 0 spiro atoms. The van der Waals surface area contributed by atoms with E-state index in [-0.39, 0.29) is 23.0 Å². The van der Waals surface area contributed by atoms with Crippen LogP contribution in [0.1, 0.15) is 13.8 Å². The molecule has 0 aromatic heterocycles. The highest BCUT2D eigenvalue weighted by molar-refractivity contribution is 7.89. The van der Waals surface area contributed by atoms with Crippen LogP contribution in [0.5, 0.6) is 5.75 Å². The first-order valence-electron chi connectivity index (χ1n) is 6.46. The molecular formula is C13H21N3O4S. The summed E-state index contributed by atoms with van der Waals surface area (Å²) in [5.41, 5.74) is 5.88. The van der Waals surface area contributed by atoms with E-state index in [0.717, 1.165) is 0 Å². The molecule has 0 aliphatic carbocycles. The quantitative estimate of drug-likeness (QED) is 0.628. The number of rotatable bonds is 7. The Balaban J connectivity index is 2.69. The highest BCUT2D eigenvalue weighted by Crippen LogP contribution is 2.24. The smallest absolute Gasteiger partial charge is 0.241 e. The lowest BCUT2D eigenvalue weighted by atomic mass is 10.2. The van der Waals surface area contributed by atoms with Gasteiger partial charge in [-0.2, -0.15) is 0 Å². The molecule has 21 heavy (non-hydrogen) atoms. The fourth-order valence-corrected chi connectivity index (χ4v) is 2.52. The Labute approximate surface area is 124 Å². The van der Waals surface area contributed by atoms with Crippen LogP contribution >= 0.6 is 0 Å². The largest absolute Gasteiger partial charge is 0.495 e. The molecule has 0 bridgehead atoms. The van der Waals surface area contributed by atoms with Gasteiger partial charge in [0.2, 0.25) is 15.9 Å². The van der Waals surface area contributed by atoms with Crippen LogP contribution in [-0.4, -0.2) is 34.5 Å². The fourth-order valence-electron chi connectivity index (χ4n) is 1.50. The first kappa shape index (κ1) is 17.3. The van der Waals surface area contributed by atoms with Gasteiger partial charge in [-0.15, -0.1) is 0 Å². The number of carbonyl (C=O) groups is 1. The molecule has 8 heteroatoms. The number of nitrogen functional groups attached to an aromatic ring is 1. The Hall–Kier alpha value is -1.80. The number of nitrogens with one attached hydrogen (secondary N) is 2. The average Bonchev–Trinajstić information content (AvgIpc) is 2.42. The van der Waals surface area contributed by atoms with Crippen molar-refractivity contribution >= 4 is 21.6 Å². The SMILES string of the molecule is COc1ccc(S(=O)(=O)NCC(=O)NCC(C)C)cc1N. The van der Waals surface area contributed by atoms with E-state index < -0.39 is 10.0 Å². The van der Waals surface area contributed by atoms with Crippen LogP contribution in [0.3, 0.4) is 0 Å². The Morgan fingerprint density at radius 3 is 2.57 bits per heavy atom. The first-order chi connectivity index (χ1) is 9.76. The lowest BCUT2D eigenvalue weighted by molar-refractivity contribution is -0.120. The van der Waals surface area contributed by atoms with Crippen molar-refractivity contribution in [3.63, 3.8) is 0 Å². The number of benzene rings is 1. The van der Waals surface area contributed by atoms with E-state index in [4.69, 9.17) is 10.5 Å². The summed E-state index contributed by atoms with van der Waals surface area (Å²) in [6.07, 6.45) is 0. The van der Waals surface area contributed by atoms with Gasteiger partial charge < -0.3 is 15.8 Å². The number of hydrogen-bond donors (Lipinski definition) is 3. The van der Waals surface area contributed by atoms with Gasteiger partial charge in [0.25, 0.3) is 0 Å². The summed E-state index contributed by atoms with van der Waals surface area (Å²) < 4.78 is 31.3. The Morgan fingerprint density at radius 2 is 2.05 bits per heavy atom. The molecule has 1 amide bonds. The maximum Gasteiger partial charge on any atom is 0.241 e. The molecule has 0 fully saturated rings. The minimum Gasteiger partial charge on any atom is -0.495 e. The zero-order valence-electron chi connectivity index (χ0n) is 12.3. The highest BCUT2D eigenvalue weighted by atomic mass is 32.2. The zero-order valence-corrected chi connectivity index (χ0v) is 13.2. The molecule has 1 aromatic rings. The summed E-state index contributed by atoms with van der Waals surface area (Å²) in [4.78, 5) is 11.5. The normalized spacial score (nSPS) is 11.4. The molecule has 0 aliphatic heterocycles. The van der Waals surface area contributed by atoms with Gasteiger partial charge in [-0.05, 0) is 24.1 Å². The van der Waals surface area contributed by atoms with Gasteiger partial charge >= 0.3 is 0 Å². The van der Waals surface area contributed by atoms with E-state index in [1.165, 1.54) is 25.3 Å². The van der Waals surface area contributed by atoms with Crippen molar-refractivity contribution in [3.8, 4) is 5.75 Å². The van der Waals surface area contributed by atoms with Gasteiger partial charge in [0.1, 0.15) is 5.75 Å². The predicted molar refractivity (Wildman–Crippen MR) is 80.4 cm³/mol. The molecule has 0 saturated carbocycles. The molecule has 0 heterocycles. The van der Waals surface area contributed by atoms with E-state index >= 15 is 0 Å². The molecule has 0 atom stereocenters. The standard InChI is InChI=1S/C13H21N3O4S/c1-9(2)7-15-13(17)8-16-21(18,19)10-4-5-12(20-3)11(14)6-10/h4-6,9,16H,7-8,14H2,1-3H3,(H,15,17). The maximum atomic E-state index is 12.0. The third-order valence-corrected chi connectivity index (χ3v) is 4.04. The number of nitrogens with two attached hydrogens (primary N) is 1. The van der Waals surface area contributed by atoms with Crippen molar-refractivity contribution in [3.05, 3.63) is 18.2 Å². The monoisotopic (exact) mass is 315 g/mol. The summed E-state index contributed by atoms with van der Waals surface area (Å²) in [7, 11) is -2.35. The van der Waals surface area contributed by atoms with E-state index in [9.17, 15) is 13.2 Å². The lowest BCUT2D eigenvalue weighted by Crippen LogP contribution is -2.38. The number of amides is 1. The summed E-state index contributed by atoms with van der Waals surface area (Å²) in [5.74, 6) is 0.310. The molecule has 0 aliphatic rings. The molecule has 7 nitrogen and oxygen atoms in total. The third kappa shape index (κ3) is 5.24. The molecule has 0 saturated heterocycles. The van der Waals surface area contributed by atoms with E-state index in [2.05, 4.69) is 10.0 Å². The second kappa shape index (κ2) is 7.28. The van der Waals surface area contributed by atoms with Crippen LogP contribution in [0.4, 0.5) is 5.69 Å². The van der Waals surface area contributed by atoms with Gasteiger partial charge in [-0.3, -0.25) is 4.79 Å². The number of anilines is 1. The summed E-state index contributed by atoms with van der Waals surface area (Å²) in [6.45, 7) is 4.08. The van der Waals surface area contributed by atoms with Gasteiger partial charge in [0.05, 0.1) is 24.2 Å². The number of hydrogen-bond acceptors (Lipinski definition) is 5.